The van der Waals surface area contributed by atoms with Gasteiger partial charge in [0, 0.05) is 25.3 Å². The number of carbonyl (C=O) groups is 1. The maximum Gasteiger partial charge on any atom is 0.417 e. The number of nitrogens with one attached hydrogen (secondary N) is 1. The minimum Gasteiger partial charge on any atom is -0.444 e. The molecule has 0 bridgehead atoms. The van der Waals surface area contributed by atoms with Crippen molar-refractivity contribution >= 4 is 23.5 Å². The Morgan fingerprint density at radius 3 is 2.64 bits per heavy atom. The first-order valence-electron chi connectivity index (χ1n) is 7.93. The predicted molar refractivity (Wildman–Crippen MR) is 88.7 cm³/mol. The highest BCUT2D eigenvalue weighted by molar-refractivity contribution is 6.33. The van der Waals surface area contributed by atoms with Crippen molar-refractivity contribution in [2.45, 2.75) is 51.4 Å². The first-order valence-corrected chi connectivity index (χ1v) is 8.31. The molecule has 5 nitrogen and oxygen atoms in total. The van der Waals surface area contributed by atoms with E-state index in [0.29, 0.717) is 13.1 Å². The van der Waals surface area contributed by atoms with Crippen LogP contribution in [0.4, 0.5) is 23.8 Å². The van der Waals surface area contributed by atoms with E-state index in [1.807, 2.05) is 0 Å². The largest absolute Gasteiger partial charge is 0.444 e. The van der Waals surface area contributed by atoms with Crippen LogP contribution in [0.3, 0.4) is 0 Å². The number of carbonyl (C=O) groups excluding carboxylic acids is 1. The Hall–Kier alpha value is -1.70. The molecule has 1 aromatic rings. The molecule has 140 valence electrons. The second kappa shape index (κ2) is 7.27. The molecular weight excluding hydrogens is 359 g/mol. The average molecular weight is 380 g/mol. The second-order valence-electron chi connectivity index (χ2n) is 6.96. The van der Waals surface area contributed by atoms with Crippen LogP contribution in [0, 0.1) is 0 Å². The van der Waals surface area contributed by atoms with Gasteiger partial charge in [-0.2, -0.15) is 13.2 Å². The van der Waals surface area contributed by atoms with E-state index in [4.69, 9.17) is 16.3 Å². The molecule has 1 aliphatic rings. The van der Waals surface area contributed by atoms with Gasteiger partial charge in [0.05, 0.1) is 10.6 Å². The van der Waals surface area contributed by atoms with E-state index in [1.165, 1.54) is 0 Å². The molecule has 1 atom stereocenters. The van der Waals surface area contributed by atoms with Crippen LogP contribution in [-0.4, -0.2) is 40.7 Å². The zero-order valence-corrected chi connectivity index (χ0v) is 15.0. The van der Waals surface area contributed by atoms with Crippen LogP contribution >= 0.6 is 11.6 Å². The summed E-state index contributed by atoms with van der Waals surface area (Å²) >= 11 is 5.91. The topological polar surface area (TPSA) is 54.5 Å². The molecule has 25 heavy (non-hydrogen) atoms. The number of aromatic nitrogens is 1. The number of pyridine rings is 1. The van der Waals surface area contributed by atoms with E-state index in [0.717, 1.165) is 25.1 Å². The summed E-state index contributed by atoms with van der Waals surface area (Å²) < 4.78 is 43.3. The number of hydrogen-bond donors (Lipinski definition) is 1. The smallest absolute Gasteiger partial charge is 0.417 e. The van der Waals surface area contributed by atoms with E-state index < -0.39 is 23.4 Å². The molecule has 1 N–H and O–H groups in total. The van der Waals surface area contributed by atoms with E-state index in [2.05, 4.69) is 10.3 Å². The van der Waals surface area contributed by atoms with E-state index in [1.54, 1.807) is 25.7 Å². The summed E-state index contributed by atoms with van der Waals surface area (Å²) in [5, 5.41) is 2.91. The molecule has 0 saturated carbocycles. The first kappa shape index (κ1) is 19.6. The number of anilines is 1. The Balaban J connectivity index is 2.02. The average Bonchev–Trinajstić information content (AvgIpc) is 2.47. The van der Waals surface area contributed by atoms with Gasteiger partial charge in [0.2, 0.25) is 0 Å². The summed E-state index contributed by atoms with van der Waals surface area (Å²) in [4.78, 5) is 17.5. The number of hydrogen-bond acceptors (Lipinski definition) is 4. The highest BCUT2D eigenvalue weighted by atomic mass is 35.5. The van der Waals surface area contributed by atoms with Gasteiger partial charge in [-0.05, 0) is 39.7 Å². The van der Waals surface area contributed by atoms with Gasteiger partial charge >= 0.3 is 12.3 Å². The summed E-state index contributed by atoms with van der Waals surface area (Å²) in [6, 6.07) is 0.675. The molecule has 1 unspecified atom stereocenters. The molecule has 0 aliphatic carbocycles. The Morgan fingerprint density at radius 1 is 1.40 bits per heavy atom. The lowest BCUT2D eigenvalue weighted by atomic mass is 10.1. The maximum atomic E-state index is 12.7. The van der Waals surface area contributed by atoms with Crippen LogP contribution < -0.4 is 5.32 Å². The van der Waals surface area contributed by atoms with Crippen LogP contribution in [0.2, 0.25) is 5.02 Å². The fraction of sp³-hybridized carbons (Fsp3) is 0.625. The molecular formula is C16H21ClF3N3O2. The SMILES string of the molecule is CC(C)(C)OC(=O)N1CCCC(Nc2ncc(C(F)(F)F)cc2Cl)C1. The van der Waals surface area contributed by atoms with Crippen molar-refractivity contribution in [3.8, 4) is 0 Å². The van der Waals surface area contributed by atoms with E-state index in [-0.39, 0.29) is 16.9 Å². The fourth-order valence-electron chi connectivity index (χ4n) is 2.48. The van der Waals surface area contributed by atoms with Crippen molar-refractivity contribution in [2.75, 3.05) is 18.4 Å². The van der Waals surface area contributed by atoms with Crippen LogP contribution in [0.1, 0.15) is 39.2 Å². The van der Waals surface area contributed by atoms with Crippen LogP contribution in [0.25, 0.3) is 0 Å². The van der Waals surface area contributed by atoms with E-state index in [9.17, 15) is 18.0 Å². The lowest BCUT2D eigenvalue weighted by Gasteiger charge is -2.34. The number of likely N-dealkylation sites (tertiary alicyclic amines) is 1. The summed E-state index contributed by atoms with van der Waals surface area (Å²) in [6.45, 7) is 6.30. The second-order valence-corrected chi connectivity index (χ2v) is 7.37. The fourth-order valence-corrected chi connectivity index (χ4v) is 2.70. The molecule has 0 spiro atoms. The highest BCUT2D eigenvalue weighted by Crippen LogP contribution is 2.32. The van der Waals surface area contributed by atoms with Crippen molar-refractivity contribution in [2.24, 2.45) is 0 Å². The van der Waals surface area contributed by atoms with E-state index >= 15 is 0 Å². The number of alkyl halides is 3. The number of amides is 1. The third kappa shape index (κ3) is 5.66. The van der Waals surface area contributed by atoms with Gasteiger partial charge in [-0.1, -0.05) is 11.6 Å². The lowest BCUT2D eigenvalue weighted by molar-refractivity contribution is -0.137. The predicted octanol–water partition coefficient (Wildman–Crippen LogP) is 4.57. The van der Waals surface area contributed by atoms with Gasteiger partial charge in [0.25, 0.3) is 0 Å². The van der Waals surface area contributed by atoms with Gasteiger partial charge in [0.1, 0.15) is 11.4 Å². The van der Waals surface area contributed by atoms with Crippen LogP contribution in [0.5, 0.6) is 0 Å². The maximum absolute atomic E-state index is 12.7. The number of halogens is 4. The van der Waals surface area contributed by atoms with Gasteiger partial charge in [0.15, 0.2) is 0 Å². The van der Waals surface area contributed by atoms with Gasteiger partial charge in [-0.15, -0.1) is 0 Å². The van der Waals surface area contributed by atoms with Crippen molar-refractivity contribution in [3.63, 3.8) is 0 Å². The molecule has 9 heteroatoms. The molecule has 0 radical (unpaired) electrons. The van der Waals surface area contributed by atoms with Crippen molar-refractivity contribution < 1.29 is 22.7 Å². The lowest BCUT2D eigenvalue weighted by Crippen LogP contribution is -2.47. The number of piperidine rings is 1. The van der Waals surface area contributed by atoms with Crippen molar-refractivity contribution in [1.29, 1.82) is 0 Å². The Morgan fingerprint density at radius 2 is 2.08 bits per heavy atom. The van der Waals surface area contributed by atoms with Gasteiger partial charge < -0.3 is 15.0 Å². The summed E-state index contributed by atoms with van der Waals surface area (Å²) in [5.41, 5.74) is -1.49. The Kier molecular flexibility index (Phi) is 5.71. The van der Waals surface area contributed by atoms with Crippen molar-refractivity contribution in [3.05, 3.63) is 22.8 Å². The molecule has 1 fully saturated rings. The van der Waals surface area contributed by atoms with Crippen molar-refractivity contribution in [1.82, 2.24) is 9.88 Å². The zero-order chi connectivity index (χ0) is 18.8. The first-order chi connectivity index (χ1) is 11.5. The zero-order valence-electron chi connectivity index (χ0n) is 14.3. The standard InChI is InChI=1S/C16H21ClF3N3O2/c1-15(2,3)25-14(24)23-6-4-5-11(9-23)22-13-12(17)7-10(8-21-13)16(18,19)20/h7-8,11H,4-6,9H2,1-3H3,(H,21,22). The Bertz CT molecular complexity index is 632. The molecule has 1 saturated heterocycles. The number of rotatable bonds is 2. The molecule has 1 aliphatic heterocycles. The minimum atomic E-state index is -4.49. The van der Waals surface area contributed by atoms with Crippen LogP contribution in [-0.2, 0) is 10.9 Å². The quantitative estimate of drug-likeness (QED) is 0.818. The third-order valence-corrected chi connectivity index (χ3v) is 3.87. The normalized spacial score (nSPS) is 18.8. The molecule has 2 rings (SSSR count). The highest BCUT2D eigenvalue weighted by Gasteiger charge is 2.32. The summed E-state index contributed by atoms with van der Waals surface area (Å²) in [7, 11) is 0. The third-order valence-electron chi connectivity index (χ3n) is 3.58. The Labute approximate surface area is 149 Å². The van der Waals surface area contributed by atoms with Gasteiger partial charge in [-0.25, -0.2) is 9.78 Å². The van der Waals surface area contributed by atoms with Gasteiger partial charge in [-0.3, -0.25) is 0 Å². The summed E-state index contributed by atoms with van der Waals surface area (Å²) in [6.07, 6.45) is -2.67. The molecule has 2 heterocycles. The molecule has 1 aromatic heterocycles. The summed E-state index contributed by atoms with van der Waals surface area (Å²) in [5.74, 6) is 0.172. The monoisotopic (exact) mass is 379 g/mol. The molecule has 1 amide bonds. The minimum absolute atomic E-state index is 0.107. The molecule has 0 aromatic carbocycles. The number of nitrogens with zero attached hydrogens (tertiary/aromatic N) is 2. The number of ether oxygens (including phenoxy) is 1. The van der Waals surface area contributed by atoms with Crippen LogP contribution in [0.15, 0.2) is 12.3 Å².